The predicted molar refractivity (Wildman–Crippen MR) is 59.4 cm³/mol. The van der Waals surface area contributed by atoms with Crippen LogP contribution in [0, 0.1) is 0 Å². The van der Waals surface area contributed by atoms with Crippen LogP contribution in [0.4, 0.5) is 0 Å². The quantitative estimate of drug-likeness (QED) is 0.677. The lowest BCUT2D eigenvalue weighted by Gasteiger charge is -2.12. The zero-order valence-electron chi connectivity index (χ0n) is 8.64. The second-order valence-corrected chi connectivity index (χ2v) is 3.68. The van der Waals surface area contributed by atoms with Gasteiger partial charge in [0.05, 0.1) is 0 Å². The molecule has 14 heavy (non-hydrogen) atoms. The molecule has 0 radical (unpaired) electrons. The lowest BCUT2D eigenvalue weighted by Crippen LogP contribution is -2.01. The molecule has 0 amide bonds. The second-order valence-electron chi connectivity index (χ2n) is 3.68. The number of hydrogen-bond donors (Lipinski definition) is 0. The molecule has 0 saturated heterocycles. The van der Waals surface area contributed by atoms with Crippen molar-refractivity contribution in [2.45, 2.75) is 12.8 Å². The number of benzene rings is 1. The van der Waals surface area contributed by atoms with E-state index in [1.807, 2.05) is 0 Å². The van der Waals surface area contributed by atoms with E-state index in [-0.39, 0.29) is 0 Å². The van der Waals surface area contributed by atoms with Crippen LogP contribution in [-0.2, 0) is 7.05 Å². The van der Waals surface area contributed by atoms with Crippen LogP contribution in [0.15, 0.2) is 48.7 Å². The molecule has 2 aromatic rings. The first-order valence-corrected chi connectivity index (χ1v) is 4.95. The van der Waals surface area contributed by atoms with Gasteiger partial charge in [0, 0.05) is 24.9 Å². The lowest BCUT2D eigenvalue weighted by atomic mass is 9.98. The molecule has 0 saturated carbocycles. The molecule has 0 aliphatic rings. The van der Waals surface area contributed by atoms with Gasteiger partial charge >= 0.3 is 0 Å². The van der Waals surface area contributed by atoms with Crippen molar-refractivity contribution < 1.29 is 0 Å². The number of aromatic nitrogens is 1. The fraction of sp³-hybridized carbons (Fsp3) is 0.231. The number of hydrogen-bond acceptors (Lipinski definition) is 0. The zero-order chi connectivity index (χ0) is 9.97. The molecule has 1 nitrogen and oxygen atoms in total. The Morgan fingerprint density at radius 3 is 2.29 bits per heavy atom. The van der Waals surface area contributed by atoms with Gasteiger partial charge in [-0.3, -0.25) is 0 Å². The van der Waals surface area contributed by atoms with Gasteiger partial charge in [0.15, 0.2) is 0 Å². The summed E-state index contributed by atoms with van der Waals surface area (Å²) in [6.45, 7) is 2.24. The third kappa shape index (κ3) is 1.58. The van der Waals surface area contributed by atoms with E-state index in [4.69, 9.17) is 0 Å². The molecule has 1 unspecified atom stereocenters. The molecule has 2 rings (SSSR count). The molecule has 1 aromatic carbocycles. The summed E-state index contributed by atoms with van der Waals surface area (Å²) in [5.41, 5.74) is 2.73. The monoisotopic (exact) mass is 185 g/mol. The molecule has 0 fully saturated rings. The van der Waals surface area contributed by atoms with E-state index in [2.05, 4.69) is 67.2 Å². The molecule has 0 aliphatic heterocycles. The molecule has 1 heterocycles. The summed E-state index contributed by atoms with van der Waals surface area (Å²) in [5, 5.41) is 0. The van der Waals surface area contributed by atoms with Crippen molar-refractivity contribution in [3.8, 4) is 0 Å². The molecular weight excluding hydrogens is 170 g/mol. The van der Waals surface area contributed by atoms with E-state index in [1.54, 1.807) is 0 Å². The maximum atomic E-state index is 2.24. The Bertz CT molecular complexity index is 400. The van der Waals surface area contributed by atoms with Crippen molar-refractivity contribution in [3.63, 3.8) is 0 Å². The van der Waals surface area contributed by atoms with Crippen molar-refractivity contribution >= 4 is 0 Å². The van der Waals surface area contributed by atoms with Crippen molar-refractivity contribution in [1.82, 2.24) is 4.57 Å². The van der Waals surface area contributed by atoms with Gasteiger partial charge in [0.2, 0.25) is 0 Å². The smallest absolute Gasteiger partial charge is 0.0244 e. The van der Waals surface area contributed by atoms with Gasteiger partial charge < -0.3 is 4.57 Å². The van der Waals surface area contributed by atoms with Crippen LogP contribution in [0.25, 0.3) is 0 Å². The summed E-state index contributed by atoms with van der Waals surface area (Å²) in [4.78, 5) is 0. The zero-order valence-corrected chi connectivity index (χ0v) is 8.64. The van der Waals surface area contributed by atoms with Crippen molar-refractivity contribution in [3.05, 3.63) is 59.9 Å². The highest BCUT2D eigenvalue weighted by molar-refractivity contribution is 5.28. The van der Waals surface area contributed by atoms with E-state index in [0.29, 0.717) is 5.92 Å². The fourth-order valence-electron chi connectivity index (χ4n) is 1.84. The van der Waals surface area contributed by atoms with Crippen LogP contribution < -0.4 is 0 Å². The van der Waals surface area contributed by atoms with Gasteiger partial charge in [-0.05, 0) is 17.7 Å². The molecule has 0 spiro atoms. The Kier molecular flexibility index (Phi) is 2.40. The fourth-order valence-corrected chi connectivity index (χ4v) is 1.84. The minimum absolute atomic E-state index is 0.469. The normalized spacial score (nSPS) is 12.7. The summed E-state index contributed by atoms with van der Waals surface area (Å²) in [6.07, 6.45) is 2.09. The Hall–Kier alpha value is -1.50. The molecule has 1 atom stereocenters. The highest BCUT2D eigenvalue weighted by Crippen LogP contribution is 2.23. The first-order chi connectivity index (χ1) is 6.79. The number of nitrogens with zero attached hydrogens (tertiary/aromatic N) is 1. The van der Waals surface area contributed by atoms with Gasteiger partial charge in [0.1, 0.15) is 0 Å². The Morgan fingerprint density at radius 1 is 1.00 bits per heavy atom. The van der Waals surface area contributed by atoms with Crippen LogP contribution in [0.2, 0.25) is 0 Å². The second kappa shape index (κ2) is 3.70. The molecule has 1 heteroatoms. The minimum Gasteiger partial charge on any atom is -0.354 e. The predicted octanol–water partition coefficient (Wildman–Crippen LogP) is 3.18. The standard InChI is InChI=1S/C13H15N/c1-11(12-7-4-3-5-8-12)13-9-6-10-14(13)2/h3-11H,1-2H3. The van der Waals surface area contributed by atoms with E-state index in [9.17, 15) is 0 Å². The molecular formula is C13H15N. The van der Waals surface area contributed by atoms with Crippen LogP contribution in [0.3, 0.4) is 0 Å². The Labute approximate surface area is 85.0 Å². The highest BCUT2D eigenvalue weighted by atomic mass is 14.9. The maximum absolute atomic E-state index is 2.24. The maximum Gasteiger partial charge on any atom is 0.0244 e. The first-order valence-electron chi connectivity index (χ1n) is 4.95. The molecule has 1 aromatic heterocycles. The number of rotatable bonds is 2. The Balaban J connectivity index is 2.34. The summed E-state index contributed by atoms with van der Waals surface area (Å²) < 4.78 is 2.18. The summed E-state index contributed by atoms with van der Waals surface area (Å²) in [5.74, 6) is 0.469. The molecule has 0 aliphatic carbocycles. The van der Waals surface area contributed by atoms with Gasteiger partial charge in [-0.25, -0.2) is 0 Å². The average Bonchev–Trinajstić information content (AvgIpc) is 2.65. The van der Waals surface area contributed by atoms with Crippen molar-refractivity contribution in [2.75, 3.05) is 0 Å². The van der Waals surface area contributed by atoms with Crippen molar-refractivity contribution in [1.29, 1.82) is 0 Å². The molecule has 0 N–H and O–H groups in total. The van der Waals surface area contributed by atoms with Gasteiger partial charge in [-0.2, -0.15) is 0 Å². The van der Waals surface area contributed by atoms with E-state index >= 15 is 0 Å². The van der Waals surface area contributed by atoms with E-state index in [1.165, 1.54) is 11.3 Å². The average molecular weight is 185 g/mol. The van der Waals surface area contributed by atoms with Crippen molar-refractivity contribution in [2.24, 2.45) is 7.05 Å². The summed E-state index contributed by atoms with van der Waals surface area (Å²) in [7, 11) is 2.09. The van der Waals surface area contributed by atoms with Crippen LogP contribution >= 0.6 is 0 Å². The Morgan fingerprint density at radius 2 is 1.71 bits per heavy atom. The first kappa shape index (κ1) is 9.07. The van der Waals surface area contributed by atoms with E-state index < -0.39 is 0 Å². The molecule has 0 bridgehead atoms. The summed E-state index contributed by atoms with van der Waals surface area (Å²) >= 11 is 0. The van der Waals surface area contributed by atoms with Gasteiger partial charge in [-0.15, -0.1) is 0 Å². The topological polar surface area (TPSA) is 4.93 Å². The number of aryl methyl sites for hydroxylation is 1. The molecule has 72 valence electrons. The summed E-state index contributed by atoms with van der Waals surface area (Å²) in [6, 6.07) is 14.9. The van der Waals surface area contributed by atoms with Crippen LogP contribution in [-0.4, -0.2) is 4.57 Å². The van der Waals surface area contributed by atoms with Crippen LogP contribution in [0.1, 0.15) is 24.1 Å². The third-order valence-electron chi connectivity index (χ3n) is 2.73. The minimum atomic E-state index is 0.469. The lowest BCUT2D eigenvalue weighted by molar-refractivity contribution is 0.770. The highest BCUT2D eigenvalue weighted by Gasteiger charge is 2.09. The van der Waals surface area contributed by atoms with E-state index in [0.717, 1.165) is 0 Å². The van der Waals surface area contributed by atoms with Gasteiger partial charge in [-0.1, -0.05) is 37.3 Å². The van der Waals surface area contributed by atoms with Crippen LogP contribution in [0.5, 0.6) is 0 Å². The SMILES string of the molecule is CC(c1ccccc1)c1cccn1C. The largest absolute Gasteiger partial charge is 0.354 e. The van der Waals surface area contributed by atoms with Gasteiger partial charge in [0.25, 0.3) is 0 Å². The third-order valence-corrected chi connectivity index (χ3v) is 2.73.